The summed E-state index contributed by atoms with van der Waals surface area (Å²) in [6.45, 7) is 1.55. The first-order chi connectivity index (χ1) is 7.18. The zero-order valence-corrected chi connectivity index (χ0v) is 8.10. The van der Waals surface area contributed by atoms with Gasteiger partial charge in [0.15, 0.2) is 11.4 Å². The van der Waals surface area contributed by atoms with E-state index in [1.165, 1.54) is 0 Å². The number of hydrogen-bond donors (Lipinski definition) is 2. The number of anilines is 1. The van der Waals surface area contributed by atoms with Crippen molar-refractivity contribution in [2.75, 3.05) is 5.32 Å². The van der Waals surface area contributed by atoms with E-state index in [4.69, 9.17) is 9.63 Å². The summed E-state index contributed by atoms with van der Waals surface area (Å²) in [5.41, 5.74) is 0.637. The molecule has 1 aromatic carbocycles. The summed E-state index contributed by atoms with van der Waals surface area (Å²) in [7, 11) is 0. The first kappa shape index (κ1) is 9.51. The maximum absolute atomic E-state index is 10.6. The number of aromatic nitrogens is 1. The van der Waals surface area contributed by atoms with Crippen molar-refractivity contribution in [1.82, 2.24) is 5.16 Å². The number of hydrogen-bond acceptors (Lipinski definition) is 4. The lowest BCUT2D eigenvalue weighted by Gasteiger charge is -2.06. The van der Waals surface area contributed by atoms with Crippen LogP contribution in [0.4, 0.5) is 5.82 Å². The number of nitrogens with one attached hydrogen (secondary N) is 1. The van der Waals surface area contributed by atoms with Crippen molar-refractivity contribution in [3.63, 3.8) is 0 Å². The average molecular weight is 206 g/mol. The molecule has 15 heavy (non-hydrogen) atoms. The highest BCUT2D eigenvalue weighted by Gasteiger charge is 2.14. The summed E-state index contributed by atoms with van der Waals surface area (Å²) in [4.78, 5) is 10.6. The summed E-state index contributed by atoms with van der Waals surface area (Å²) >= 11 is 0. The van der Waals surface area contributed by atoms with E-state index in [0.717, 1.165) is 5.39 Å². The van der Waals surface area contributed by atoms with Crippen LogP contribution in [0.5, 0.6) is 0 Å². The molecule has 2 rings (SSSR count). The summed E-state index contributed by atoms with van der Waals surface area (Å²) in [5.74, 6) is -0.470. The lowest BCUT2D eigenvalue weighted by molar-refractivity contribution is -0.137. The summed E-state index contributed by atoms with van der Waals surface area (Å²) in [6, 6.07) is 6.58. The minimum Gasteiger partial charge on any atom is -0.480 e. The highest BCUT2D eigenvalue weighted by Crippen LogP contribution is 2.22. The minimum atomic E-state index is -0.929. The molecule has 0 bridgehead atoms. The van der Waals surface area contributed by atoms with Crippen LogP contribution in [-0.4, -0.2) is 22.3 Å². The number of carboxylic acids is 1. The topological polar surface area (TPSA) is 75.4 Å². The Morgan fingerprint density at radius 3 is 3.00 bits per heavy atom. The number of para-hydroxylation sites is 1. The summed E-state index contributed by atoms with van der Waals surface area (Å²) in [5, 5.41) is 16.0. The van der Waals surface area contributed by atoms with Gasteiger partial charge in [-0.1, -0.05) is 17.3 Å². The molecule has 0 fully saturated rings. The Morgan fingerprint density at radius 2 is 2.27 bits per heavy atom. The van der Waals surface area contributed by atoms with Gasteiger partial charge in [-0.05, 0) is 19.1 Å². The average Bonchev–Trinajstić information content (AvgIpc) is 2.62. The Hall–Kier alpha value is -2.04. The van der Waals surface area contributed by atoms with Gasteiger partial charge in [-0.25, -0.2) is 0 Å². The van der Waals surface area contributed by atoms with E-state index in [-0.39, 0.29) is 0 Å². The van der Waals surface area contributed by atoms with Gasteiger partial charge in [0.05, 0.1) is 5.39 Å². The molecule has 1 aromatic heterocycles. The predicted molar refractivity (Wildman–Crippen MR) is 54.7 cm³/mol. The Bertz CT molecular complexity index is 492. The van der Waals surface area contributed by atoms with Crippen LogP contribution in [0.1, 0.15) is 6.92 Å². The molecule has 0 unspecified atom stereocenters. The van der Waals surface area contributed by atoms with E-state index in [0.29, 0.717) is 11.4 Å². The molecule has 0 aliphatic rings. The Balaban J connectivity index is 2.32. The van der Waals surface area contributed by atoms with Crippen LogP contribution in [0.25, 0.3) is 11.0 Å². The summed E-state index contributed by atoms with van der Waals surface area (Å²) < 4.78 is 5.02. The second-order valence-electron chi connectivity index (χ2n) is 3.23. The molecule has 0 saturated heterocycles. The number of nitrogens with zero attached hydrogens (tertiary/aromatic N) is 1. The largest absolute Gasteiger partial charge is 0.480 e. The molecule has 0 spiro atoms. The third-order valence-corrected chi connectivity index (χ3v) is 2.10. The van der Waals surface area contributed by atoms with Gasteiger partial charge in [0.25, 0.3) is 0 Å². The monoisotopic (exact) mass is 206 g/mol. The van der Waals surface area contributed by atoms with E-state index >= 15 is 0 Å². The van der Waals surface area contributed by atoms with Gasteiger partial charge < -0.3 is 14.9 Å². The van der Waals surface area contributed by atoms with Crippen LogP contribution >= 0.6 is 0 Å². The minimum absolute atomic E-state index is 0.459. The van der Waals surface area contributed by atoms with Gasteiger partial charge >= 0.3 is 5.97 Å². The fourth-order valence-corrected chi connectivity index (χ4v) is 1.26. The highest BCUT2D eigenvalue weighted by molar-refractivity contribution is 5.89. The summed E-state index contributed by atoms with van der Waals surface area (Å²) in [6.07, 6.45) is 0. The van der Waals surface area contributed by atoms with Crippen molar-refractivity contribution < 1.29 is 14.4 Å². The second kappa shape index (κ2) is 3.61. The Labute approximate surface area is 85.7 Å². The number of carboxylic acid groups (broad SMARTS) is 1. The highest BCUT2D eigenvalue weighted by atomic mass is 16.5. The van der Waals surface area contributed by atoms with Crippen molar-refractivity contribution in [3.8, 4) is 0 Å². The third-order valence-electron chi connectivity index (χ3n) is 2.10. The smallest absolute Gasteiger partial charge is 0.325 e. The van der Waals surface area contributed by atoms with Crippen molar-refractivity contribution in [2.24, 2.45) is 0 Å². The fourth-order valence-electron chi connectivity index (χ4n) is 1.26. The van der Waals surface area contributed by atoms with Gasteiger partial charge in [0.2, 0.25) is 0 Å². The number of fused-ring (bicyclic) bond motifs is 1. The third kappa shape index (κ3) is 1.76. The normalized spacial score (nSPS) is 12.6. The standard InChI is InChI=1S/C10H10N2O3/c1-6(10(13)14)11-9-7-4-2-3-5-8(7)15-12-9/h2-6H,1H3,(H,11,12)(H,13,14)/t6-/m0/s1. The number of rotatable bonds is 3. The maximum Gasteiger partial charge on any atom is 0.325 e. The van der Waals surface area contributed by atoms with Crippen molar-refractivity contribution in [3.05, 3.63) is 24.3 Å². The molecule has 0 saturated carbocycles. The number of carbonyl (C=O) groups is 1. The molecule has 5 nitrogen and oxygen atoms in total. The quantitative estimate of drug-likeness (QED) is 0.799. The van der Waals surface area contributed by atoms with Gasteiger partial charge in [-0.2, -0.15) is 0 Å². The Morgan fingerprint density at radius 1 is 1.53 bits per heavy atom. The van der Waals surface area contributed by atoms with Crippen molar-refractivity contribution in [1.29, 1.82) is 0 Å². The number of benzene rings is 1. The molecule has 78 valence electrons. The first-order valence-electron chi connectivity index (χ1n) is 4.52. The van der Waals surface area contributed by atoms with E-state index in [1.54, 1.807) is 13.0 Å². The first-order valence-corrected chi connectivity index (χ1v) is 4.52. The van der Waals surface area contributed by atoms with Crippen molar-refractivity contribution >= 4 is 22.8 Å². The number of aliphatic carboxylic acids is 1. The van der Waals surface area contributed by atoms with Crippen LogP contribution in [0, 0.1) is 0 Å². The molecule has 1 atom stereocenters. The van der Waals surface area contributed by atoms with Crippen LogP contribution in [0.15, 0.2) is 28.8 Å². The molecule has 0 aliphatic heterocycles. The molecular formula is C10H10N2O3. The molecule has 2 aromatic rings. The van der Waals surface area contributed by atoms with Crippen LogP contribution < -0.4 is 5.32 Å². The molecule has 0 radical (unpaired) electrons. The van der Waals surface area contributed by atoms with E-state index in [2.05, 4.69) is 10.5 Å². The van der Waals surface area contributed by atoms with Gasteiger partial charge in [0.1, 0.15) is 6.04 Å². The molecule has 0 amide bonds. The van der Waals surface area contributed by atoms with E-state index < -0.39 is 12.0 Å². The lowest BCUT2D eigenvalue weighted by atomic mass is 10.2. The van der Waals surface area contributed by atoms with Gasteiger partial charge in [-0.15, -0.1) is 0 Å². The Kier molecular flexibility index (Phi) is 2.29. The van der Waals surface area contributed by atoms with Crippen LogP contribution in [0.3, 0.4) is 0 Å². The molecule has 5 heteroatoms. The molecule has 1 heterocycles. The lowest BCUT2D eigenvalue weighted by Crippen LogP contribution is -2.25. The molecular weight excluding hydrogens is 196 g/mol. The van der Waals surface area contributed by atoms with E-state index in [1.807, 2.05) is 18.2 Å². The fraction of sp³-hybridized carbons (Fsp3) is 0.200. The van der Waals surface area contributed by atoms with Gasteiger partial charge in [0, 0.05) is 0 Å². The van der Waals surface area contributed by atoms with Crippen LogP contribution in [-0.2, 0) is 4.79 Å². The maximum atomic E-state index is 10.6. The SMILES string of the molecule is C[C@H](Nc1noc2ccccc12)C(=O)O. The molecule has 0 aliphatic carbocycles. The van der Waals surface area contributed by atoms with E-state index in [9.17, 15) is 4.79 Å². The predicted octanol–water partition coefficient (Wildman–Crippen LogP) is 1.71. The second-order valence-corrected chi connectivity index (χ2v) is 3.23. The van der Waals surface area contributed by atoms with Crippen molar-refractivity contribution in [2.45, 2.75) is 13.0 Å². The zero-order valence-electron chi connectivity index (χ0n) is 8.10. The molecule has 2 N–H and O–H groups in total. The van der Waals surface area contributed by atoms with Gasteiger partial charge in [-0.3, -0.25) is 4.79 Å². The zero-order chi connectivity index (χ0) is 10.8. The van der Waals surface area contributed by atoms with Crippen LogP contribution in [0.2, 0.25) is 0 Å².